The van der Waals surface area contributed by atoms with Gasteiger partial charge in [0.25, 0.3) is 0 Å². The average molecular weight is 236 g/mol. The third-order valence-electron chi connectivity index (χ3n) is 3.24. The normalized spacial score (nSPS) is 12.8. The molecule has 2 heteroatoms. The van der Waals surface area contributed by atoms with Gasteiger partial charge in [-0.25, -0.2) is 0 Å². The number of hydrogen-bond donors (Lipinski definition) is 0. The van der Waals surface area contributed by atoms with Crippen molar-refractivity contribution in [3.63, 3.8) is 0 Å². The molecule has 3 aromatic rings. The minimum Gasteiger partial charge on any atom is -0.288 e. The summed E-state index contributed by atoms with van der Waals surface area (Å²) in [5.41, 5.74) is 3.07. The van der Waals surface area contributed by atoms with Crippen LogP contribution in [0.3, 0.4) is 0 Å². The van der Waals surface area contributed by atoms with E-state index in [0.29, 0.717) is 0 Å². The molecule has 0 unspecified atom stereocenters. The molecule has 80 valence electrons. The zero-order valence-corrected chi connectivity index (χ0v) is 9.75. The summed E-state index contributed by atoms with van der Waals surface area (Å²) in [5, 5.41) is 1.20. The topological polar surface area (TPSA) is 17.1 Å². The van der Waals surface area contributed by atoms with E-state index in [2.05, 4.69) is 12.1 Å². The molecule has 4 rings (SSSR count). The molecule has 0 saturated carbocycles. The van der Waals surface area contributed by atoms with Gasteiger partial charge in [0.15, 0.2) is 0 Å². The van der Waals surface area contributed by atoms with E-state index in [1.54, 1.807) is 11.3 Å². The SMILES string of the molecule is O=C1c2ccccc2-c2c1sc1ccccc21. The Bertz CT molecular complexity index is 767. The van der Waals surface area contributed by atoms with E-state index >= 15 is 0 Å². The first-order chi connectivity index (χ1) is 8.36. The van der Waals surface area contributed by atoms with Crippen LogP contribution in [0.1, 0.15) is 15.2 Å². The summed E-state index contributed by atoms with van der Waals surface area (Å²) in [6.07, 6.45) is 0. The van der Waals surface area contributed by atoms with Crippen molar-refractivity contribution in [2.75, 3.05) is 0 Å². The summed E-state index contributed by atoms with van der Waals surface area (Å²) in [4.78, 5) is 13.2. The maximum atomic E-state index is 12.3. The first kappa shape index (κ1) is 9.14. The molecule has 0 radical (unpaired) electrons. The number of ketones is 1. The Kier molecular flexibility index (Phi) is 1.64. The maximum absolute atomic E-state index is 12.3. The summed E-state index contributed by atoms with van der Waals surface area (Å²) >= 11 is 1.60. The number of benzene rings is 2. The van der Waals surface area contributed by atoms with Crippen LogP contribution in [0.15, 0.2) is 48.5 Å². The van der Waals surface area contributed by atoms with Crippen molar-refractivity contribution in [2.45, 2.75) is 0 Å². The van der Waals surface area contributed by atoms with Gasteiger partial charge in [0.2, 0.25) is 5.78 Å². The van der Waals surface area contributed by atoms with E-state index in [1.165, 1.54) is 10.1 Å². The van der Waals surface area contributed by atoms with Crippen LogP contribution in [-0.2, 0) is 0 Å². The van der Waals surface area contributed by atoms with Crippen molar-refractivity contribution in [3.8, 4) is 11.1 Å². The molecule has 17 heavy (non-hydrogen) atoms. The van der Waals surface area contributed by atoms with E-state index in [0.717, 1.165) is 21.6 Å². The molecule has 1 heterocycles. The lowest BCUT2D eigenvalue weighted by molar-refractivity contribution is 0.104. The fraction of sp³-hybridized carbons (Fsp3) is 0. The molecule has 0 bridgehead atoms. The lowest BCUT2D eigenvalue weighted by atomic mass is 10.0. The van der Waals surface area contributed by atoms with Gasteiger partial charge in [-0.3, -0.25) is 4.79 Å². The molecule has 1 aromatic heterocycles. The maximum Gasteiger partial charge on any atom is 0.204 e. The second-order valence-corrected chi connectivity index (χ2v) is 5.23. The molecule has 2 aromatic carbocycles. The van der Waals surface area contributed by atoms with Crippen LogP contribution in [0.4, 0.5) is 0 Å². The van der Waals surface area contributed by atoms with E-state index < -0.39 is 0 Å². The zero-order valence-electron chi connectivity index (χ0n) is 8.94. The fourth-order valence-electron chi connectivity index (χ4n) is 2.49. The second kappa shape index (κ2) is 3.05. The standard InChI is InChI=1S/C15H8OS/c16-14-10-6-2-1-5-9(10)13-11-7-3-4-8-12(11)17-15(13)14/h1-8H. The molecule has 0 spiro atoms. The van der Waals surface area contributed by atoms with Gasteiger partial charge in [0.1, 0.15) is 0 Å². The molecule has 1 aliphatic rings. The van der Waals surface area contributed by atoms with Crippen LogP contribution < -0.4 is 0 Å². The minimum atomic E-state index is 0.178. The molecule has 0 fully saturated rings. The molecule has 0 amide bonds. The molecule has 0 N–H and O–H groups in total. The van der Waals surface area contributed by atoms with Crippen molar-refractivity contribution < 1.29 is 4.79 Å². The summed E-state index contributed by atoms with van der Waals surface area (Å²) in [6.45, 7) is 0. The minimum absolute atomic E-state index is 0.178. The zero-order chi connectivity index (χ0) is 11.4. The third-order valence-corrected chi connectivity index (χ3v) is 4.41. The number of thiophene rings is 1. The highest BCUT2D eigenvalue weighted by Crippen LogP contribution is 2.45. The quantitative estimate of drug-likeness (QED) is 0.449. The van der Waals surface area contributed by atoms with Gasteiger partial charge in [0, 0.05) is 21.2 Å². The van der Waals surface area contributed by atoms with Crippen molar-refractivity contribution in [1.82, 2.24) is 0 Å². The Labute approximate surface area is 102 Å². The average Bonchev–Trinajstić information content (AvgIpc) is 2.88. The molecule has 1 aliphatic carbocycles. The predicted octanol–water partition coefficient (Wildman–Crippen LogP) is 4.11. The number of carbonyl (C=O) groups is 1. The molecule has 0 aliphatic heterocycles. The van der Waals surface area contributed by atoms with E-state index in [-0.39, 0.29) is 5.78 Å². The number of carbonyl (C=O) groups excluding carboxylic acids is 1. The molecular formula is C15H8OS. The van der Waals surface area contributed by atoms with Crippen LogP contribution in [0, 0.1) is 0 Å². The molecule has 1 nitrogen and oxygen atoms in total. The summed E-state index contributed by atoms with van der Waals surface area (Å²) in [7, 11) is 0. The van der Waals surface area contributed by atoms with Crippen molar-refractivity contribution in [1.29, 1.82) is 0 Å². The third kappa shape index (κ3) is 1.06. The lowest BCUT2D eigenvalue weighted by Gasteiger charge is -1.98. The summed E-state index contributed by atoms with van der Waals surface area (Å²) in [6, 6.07) is 16.1. The van der Waals surface area contributed by atoms with E-state index in [4.69, 9.17) is 0 Å². The van der Waals surface area contributed by atoms with Gasteiger partial charge in [-0.15, -0.1) is 11.3 Å². The number of fused-ring (bicyclic) bond motifs is 5. The smallest absolute Gasteiger partial charge is 0.204 e. The van der Waals surface area contributed by atoms with Crippen LogP contribution in [0.2, 0.25) is 0 Å². The number of rotatable bonds is 0. The Hall–Kier alpha value is -1.93. The fourth-order valence-corrected chi connectivity index (χ4v) is 3.67. The lowest BCUT2D eigenvalue weighted by Crippen LogP contribution is -1.91. The van der Waals surface area contributed by atoms with Crippen LogP contribution >= 0.6 is 11.3 Å². The van der Waals surface area contributed by atoms with Gasteiger partial charge in [-0.2, -0.15) is 0 Å². The predicted molar refractivity (Wildman–Crippen MR) is 70.7 cm³/mol. The van der Waals surface area contributed by atoms with Crippen molar-refractivity contribution in [3.05, 3.63) is 59.0 Å². The molecule has 0 atom stereocenters. The van der Waals surface area contributed by atoms with Gasteiger partial charge < -0.3 is 0 Å². The Morgan fingerprint density at radius 1 is 0.824 bits per heavy atom. The first-order valence-electron chi connectivity index (χ1n) is 5.52. The summed E-state index contributed by atoms with van der Waals surface area (Å²) < 4.78 is 1.19. The van der Waals surface area contributed by atoms with E-state index in [1.807, 2.05) is 36.4 Å². The largest absolute Gasteiger partial charge is 0.288 e. The van der Waals surface area contributed by atoms with Crippen LogP contribution in [-0.4, -0.2) is 5.78 Å². The number of hydrogen-bond acceptors (Lipinski definition) is 2. The summed E-state index contributed by atoms with van der Waals surface area (Å²) in [5.74, 6) is 0.178. The van der Waals surface area contributed by atoms with Gasteiger partial charge in [-0.05, 0) is 11.6 Å². The highest BCUT2D eigenvalue weighted by Gasteiger charge is 2.29. The van der Waals surface area contributed by atoms with E-state index in [9.17, 15) is 4.79 Å². The highest BCUT2D eigenvalue weighted by atomic mass is 32.1. The Morgan fingerprint density at radius 3 is 2.41 bits per heavy atom. The van der Waals surface area contributed by atoms with Gasteiger partial charge >= 0.3 is 0 Å². The highest BCUT2D eigenvalue weighted by molar-refractivity contribution is 7.22. The van der Waals surface area contributed by atoms with Crippen molar-refractivity contribution >= 4 is 27.2 Å². The Morgan fingerprint density at radius 2 is 1.53 bits per heavy atom. The van der Waals surface area contributed by atoms with Gasteiger partial charge in [-0.1, -0.05) is 42.5 Å². The molecule has 0 saturated heterocycles. The van der Waals surface area contributed by atoms with Crippen LogP contribution in [0.5, 0.6) is 0 Å². The van der Waals surface area contributed by atoms with Gasteiger partial charge in [0.05, 0.1) is 4.88 Å². The van der Waals surface area contributed by atoms with Crippen molar-refractivity contribution in [2.24, 2.45) is 0 Å². The Balaban J connectivity index is 2.22. The monoisotopic (exact) mass is 236 g/mol. The first-order valence-corrected chi connectivity index (χ1v) is 6.33. The second-order valence-electron chi connectivity index (χ2n) is 4.18. The molecular weight excluding hydrogens is 228 g/mol. The van der Waals surface area contributed by atoms with Crippen LogP contribution in [0.25, 0.3) is 21.2 Å².